The second-order valence-electron chi connectivity index (χ2n) is 3.57. The number of halogens is 3. The molecule has 0 radical (unpaired) electrons. The van der Waals surface area contributed by atoms with E-state index >= 15 is 0 Å². The second kappa shape index (κ2) is 4.94. The molecule has 18 heavy (non-hydrogen) atoms. The van der Waals surface area contributed by atoms with Crippen molar-refractivity contribution >= 4 is 11.8 Å². The highest BCUT2D eigenvalue weighted by atomic mass is 32.2. The van der Waals surface area contributed by atoms with Crippen LogP contribution in [0.2, 0.25) is 0 Å². The minimum atomic E-state index is -4.48. The Hall–Kier alpha value is -1.62. The van der Waals surface area contributed by atoms with E-state index in [2.05, 4.69) is 0 Å². The molecule has 0 aromatic heterocycles. The molecule has 0 unspecified atom stereocenters. The molecule has 0 bridgehead atoms. The van der Waals surface area contributed by atoms with E-state index in [1.807, 2.05) is 0 Å². The van der Waals surface area contributed by atoms with Crippen LogP contribution in [0.15, 0.2) is 58.3 Å². The molecule has 5 heteroatoms. The third-order valence-corrected chi connectivity index (χ3v) is 3.40. The lowest BCUT2D eigenvalue weighted by atomic mass is 10.2. The van der Waals surface area contributed by atoms with Gasteiger partial charge in [0.05, 0.1) is 10.5 Å². The zero-order valence-electron chi connectivity index (χ0n) is 9.11. The molecule has 2 aromatic carbocycles. The third kappa shape index (κ3) is 2.79. The first kappa shape index (κ1) is 12.8. The van der Waals surface area contributed by atoms with Crippen molar-refractivity contribution in [1.82, 2.24) is 0 Å². The van der Waals surface area contributed by atoms with Crippen molar-refractivity contribution in [1.29, 1.82) is 0 Å². The van der Waals surface area contributed by atoms with Crippen LogP contribution >= 0.6 is 11.8 Å². The summed E-state index contributed by atoms with van der Waals surface area (Å²) in [6.07, 6.45) is -4.48. The van der Waals surface area contributed by atoms with E-state index in [9.17, 15) is 18.3 Å². The summed E-state index contributed by atoms with van der Waals surface area (Å²) < 4.78 is 38.4. The minimum absolute atomic E-state index is 0.170. The highest BCUT2D eigenvalue weighted by Gasteiger charge is 2.34. The molecule has 0 heterocycles. The van der Waals surface area contributed by atoms with Gasteiger partial charge in [-0.3, -0.25) is 0 Å². The van der Waals surface area contributed by atoms with Gasteiger partial charge in [-0.15, -0.1) is 0 Å². The molecule has 0 atom stereocenters. The Morgan fingerprint density at radius 1 is 0.889 bits per heavy atom. The average molecular weight is 270 g/mol. The fraction of sp³-hybridized carbons (Fsp3) is 0.0769. The summed E-state index contributed by atoms with van der Waals surface area (Å²) in [4.78, 5) is 0.473. The highest BCUT2D eigenvalue weighted by Crippen LogP contribution is 2.43. The van der Waals surface area contributed by atoms with Gasteiger partial charge < -0.3 is 5.11 Å². The molecule has 0 saturated heterocycles. The smallest absolute Gasteiger partial charge is 0.417 e. The predicted molar refractivity (Wildman–Crippen MR) is 63.7 cm³/mol. The maximum Gasteiger partial charge on any atom is 0.417 e. The first-order valence-electron chi connectivity index (χ1n) is 5.10. The number of alkyl halides is 3. The van der Waals surface area contributed by atoms with Gasteiger partial charge in [0.25, 0.3) is 0 Å². The largest absolute Gasteiger partial charge is 0.507 e. The Morgan fingerprint density at radius 2 is 1.56 bits per heavy atom. The van der Waals surface area contributed by atoms with E-state index in [1.54, 1.807) is 30.3 Å². The van der Waals surface area contributed by atoms with Crippen LogP contribution in [-0.4, -0.2) is 5.11 Å². The first-order valence-corrected chi connectivity index (χ1v) is 5.92. The third-order valence-electron chi connectivity index (χ3n) is 2.26. The van der Waals surface area contributed by atoms with Crippen molar-refractivity contribution in [2.45, 2.75) is 16.0 Å². The average Bonchev–Trinajstić information content (AvgIpc) is 2.32. The van der Waals surface area contributed by atoms with Crippen molar-refractivity contribution in [2.24, 2.45) is 0 Å². The van der Waals surface area contributed by atoms with E-state index in [4.69, 9.17) is 0 Å². The molecule has 94 valence electrons. The monoisotopic (exact) mass is 270 g/mol. The van der Waals surface area contributed by atoms with Crippen molar-refractivity contribution in [3.8, 4) is 5.75 Å². The Kier molecular flexibility index (Phi) is 3.52. The van der Waals surface area contributed by atoms with Crippen molar-refractivity contribution in [2.75, 3.05) is 0 Å². The maximum absolute atomic E-state index is 12.8. The highest BCUT2D eigenvalue weighted by molar-refractivity contribution is 7.99. The number of hydrogen-bond acceptors (Lipinski definition) is 2. The fourth-order valence-corrected chi connectivity index (χ4v) is 2.46. The van der Waals surface area contributed by atoms with Gasteiger partial charge in [-0.1, -0.05) is 36.0 Å². The lowest BCUT2D eigenvalue weighted by molar-refractivity contribution is -0.139. The van der Waals surface area contributed by atoms with Crippen molar-refractivity contribution in [3.63, 3.8) is 0 Å². The predicted octanol–water partition coefficient (Wildman–Crippen LogP) is 4.56. The van der Waals surface area contributed by atoms with Crippen LogP contribution in [0.5, 0.6) is 5.75 Å². The van der Waals surface area contributed by atoms with E-state index in [1.165, 1.54) is 12.1 Å². The van der Waals surface area contributed by atoms with Gasteiger partial charge in [-0.2, -0.15) is 13.2 Å². The molecule has 2 aromatic rings. The Morgan fingerprint density at radius 3 is 2.17 bits per heavy atom. The molecule has 2 rings (SSSR count). The van der Waals surface area contributed by atoms with Crippen molar-refractivity contribution in [3.05, 3.63) is 54.1 Å². The molecule has 0 amide bonds. The summed E-state index contributed by atoms with van der Waals surface area (Å²) in [6, 6.07) is 12.0. The number of aromatic hydroxyl groups is 1. The quantitative estimate of drug-likeness (QED) is 0.863. The molecule has 1 N–H and O–H groups in total. The number of phenols is 1. The van der Waals surface area contributed by atoms with E-state index in [0.29, 0.717) is 4.90 Å². The maximum atomic E-state index is 12.8. The summed E-state index contributed by atoms with van der Waals surface area (Å²) >= 11 is 0.898. The van der Waals surface area contributed by atoms with Gasteiger partial charge in [-0.05, 0) is 24.3 Å². The van der Waals surface area contributed by atoms with Crippen molar-refractivity contribution < 1.29 is 18.3 Å². The summed E-state index contributed by atoms with van der Waals surface area (Å²) in [5, 5.41) is 9.60. The van der Waals surface area contributed by atoms with Gasteiger partial charge in [0, 0.05) is 4.90 Å². The Labute approximate surface area is 106 Å². The number of hydrogen-bond donors (Lipinski definition) is 1. The van der Waals surface area contributed by atoms with Crippen LogP contribution in [0, 0.1) is 0 Å². The van der Waals surface area contributed by atoms with E-state index in [-0.39, 0.29) is 10.6 Å². The topological polar surface area (TPSA) is 20.2 Å². The molecule has 0 spiro atoms. The molecule has 0 aliphatic heterocycles. The summed E-state index contributed by atoms with van der Waals surface area (Å²) in [5.41, 5.74) is -0.823. The molecular formula is C13H9F3OS. The van der Waals surface area contributed by atoms with Gasteiger partial charge in [0.15, 0.2) is 0 Å². The van der Waals surface area contributed by atoms with Crippen LogP contribution in [0.1, 0.15) is 5.56 Å². The van der Waals surface area contributed by atoms with Gasteiger partial charge in [-0.25, -0.2) is 0 Å². The number of rotatable bonds is 2. The van der Waals surface area contributed by atoms with E-state index in [0.717, 1.165) is 17.8 Å². The molecular weight excluding hydrogens is 261 g/mol. The number of benzene rings is 2. The Balaban J connectivity index is 2.44. The van der Waals surface area contributed by atoms with Crippen LogP contribution in [0.3, 0.4) is 0 Å². The van der Waals surface area contributed by atoms with Crippen LogP contribution in [-0.2, 0) is 6.18 Å². The molecule has 1 nitrogen and oxygen atoms in total. The first-order chi connectivity index (χ1) is 8.48. The lowest BCUT2D eigenvalue weighted by Gasteiger charge is -2.13. The molecule has 0 fully saturated rings. The summed E-state index contributed by atoms with van der Waals surface area (Å²) in [6.45, 7) is 0. The lowest BCUT2D eigenvalue weighted by Crippen LogP contribution is -2.06. The van der Waals surface area contributed by atoms with Gasteiger partial charge in [0.1, 0.15) is 5.75 Å². The second-order valence-corrected chi connectivity index (χ2v) is 4.65. The normalized spacial score (nSPS) is 11.5. The van der Waals surface area contributed by atoms with Gasteiger partial charge in [0.2, 0.25) is 0 Å². The van der Waals surface area contributed by atoms with Crippen LogP contribution in [0.4, 0.5) is 13.2 Å². The number of phenolic OH excluding ortho intramolecular Hbond substituents is 1. The fourth-order valence-electron chi connectivity index (χ4n) is 1.46. The minimum Gasteiger partial charge on any atom is -0.507 e. The summed E-state index contributed by atoms with van der Waals surface area (Å²) in [5.74, 6) is -0.362. The standard InChI is InChI=1S/C13H9F3OS/c14-13(15,16)10-7-4-8-11(17)12(10)18-9-5-2-1-3-6-9/h1-8,17H. The molecule has 0 saturated carbocycles. The zero-order valence-corrected chi connectivity index (χ0v) is 9.92. The zero-order chi connectivity index (χ0) is 13.2. The van der Waals surface area contributed by atoms with Gasteiger partial charge >= 0.3 is 6.18 Å². The van der Waals surface area contributed by atoms with E-state index < -0.39 is 11.7 Å². The molecule has 0 aliphatic carbocycles. The summed E-state index contributed by atoms with van der Waals surface area (Å²) in [7, 11) is 0. The Bertz CT molecular complexity index is 538. The van der Waals surface area contributed by atoms with Crippen LogP contribution < -0.4 is 0 Å². The SMILES string of the molecule is Oc1cccc(C(F)(F)F)c1Sc1ccccc1. The van der Waals surface area contributed by atoms with Crippen LogP contribution in [0.25, 0.3) is 0 Å². The molecule has 0 aliphatic rings.